The molecule has 13 heavy (non-hydrogen) atoms. The quantitative estimate of drug-likeness (QED) is 0.641. The van der Waals surface area contributed by atoms with Gasteiger partial charge in [0.15, 0.2) is 0 Å². The molecule has 0 unspecified atom stereocenters. The third-order valence-corrected chi connectivity index (χ3v) is 2.36. The van der Waals surface area contributed by atoms with Gasteiger partial charge < -0.3 is 9.53 Å². The lowest BCUT2D eigenvalue weighted by Gasteiger charge is -2.36. The molecule has 0 saturated carbocycles. The van der Waals surface area contributed by atoms with Gasteiger partial charge in [-0.25, -0.2) is 4.39 Å². The van der Waals surface area contributed by atoms with Gasteiger partial charge in [-0.05, 0) is 17.7 Å². The van der Waals surface area contributed by atoms with Crippen molar-refractivity contribution in [1.29, 1.82) is 0 Å². The average Bonchev–Trinajstić information content (AvgIpc) is 2.07. The largest absolute Gasteiger partial charge is 0.379 e. The molecule has 0 N–H and O–H groups in total. The molecule has 1 aliphatic heterocycles. The molecule has 0 aromatic heterocycles. The maximum absolute atomic E-state index is 12.6. The Labute approximate surface area is 75.3 Å². The standard InChI is InChI=1S/C10H9FO2/c11-9-3-1-8(2-4-9)10(5-12)6-13-7-10/h1-5H,6-7H2. The predicted octanol–water partition coefficient (Wildman–Crippen LogP) is 1.29. The second kappa shape index (κ2) is 2.92. The molecule has 1 aromatic carbocycles. The summed E-state index contributed by atoms with van der Waals surface area (Å²) in [4.78, 5) is 10.8. The number of carbonyl (C=O) groups excluding carboxylic acids is 1. The zero-order valence-electron chi connectivity index (χ0n) is 7.00. The van der Waals surface area contributed by atoms with E-state index in [1.54, 1.807) is 12.1 Å². The first kappa shape index (κ1) is 8.38. The normalized spacial score (nSPS) is 19.2. The summed E-state index contributed by atoms with van der Waals surface area (Å²) in [5.74, 6) is -0.287. The topological polar surface area (TPSA) is 26.3 Å². The minimum absolute atomic E-state index is 0.287. The van der Waals surface area contributed by atoms with Gasteiger partial charge in [-0.2, -0.15) is 0 Å². The van der Waals surface area contributed by atoms with E-state index in [4.69, 9.17) is 4.74 Å². The number of hydrogen-bond donors (Lipinski definition) is 0. The van der Waals surface area contributed by atoms with Crippen molar-refractivity contribution in [3.05, 3.63) is 35.6 Å². The van der Waals surface area contributed by atoms with Crippen LogP contribution in [0.4, 0.5) is 4.39 Å². The molecule has 1 fully saturated rings. The summed E-state index contributed by atoms with van der Waals surface area (Å²) in [6.07, 6.45) is 0.879. The first-order chi connectivity index (χ1) is 6.27. The number of halogens is 1. The minimum Gasteiger partial charge on any atom is -0.379 e. The summed E-state index contributed by atoms with van der Waals surface area (Å²) in [5.41, 5.74) is 0.309. The van der Waals surface area contributed by atoms with E-state index in [0.29, 0.717) is 13.2 Å². The highest BCUT2D eigenvalue weighted by atomic mass is 19.1. The average molecular weight is 180 g/mol. The van der Waals surface area contributed by atoms with E-state index in [1.807, 2.05) is 0 Å². The molecular weight excluding hydrogens is 171 g/mol. The van der Waals surface area contributed by atoms with Gasteiger partial charge in [0.1, 0.15) is 12.1 Å². The molecule has 1 aliphatic rings. The van der Waals surface area contributed by atoms with E-state index in [1.165, 1.54) is 12.1 Å². The van der Waals surface area contributed by atoms with E-state index >= 15 is 0 Å². The van der Waals surface area contributed by atoms with Crippen LogP contribution in [0.5, 0.6) is 0 Å². The lowest BCUT2D eigenvalue weighted by Crippen LogP contribution is -2.48. The number of carbonyl (C=O) groups is 1. The van der Waals surface area contributed by atoms with Crippen molar-refractivity contribution in [3.8, 4) is 0 Å². The third kappa shape index (κ3) is 1.25. The van der Waals surface area contributed by atoms with Crippen molar-refractivity contribution in [2.24, 2.45) is 0 Å². The Bertz CT molecular complexity index is 314. The van der Waals surface area contributed by atoms with E-state index in [2.05, 4.69) is 0 Å². The van der Waals surface area contributed by atoms with Crippen molar-refractivity contribution < 1.29 is 13.9 Å². The molecule has 0 spiro atoms. The highest BCUT2D eigenvalue weighted by Crippen LogP contribution is 2.29. The van der Waals surface area contributed by atoms with Crippen molar-refractivity contribution in [2.45, 2.75) is 5.41 Å². The first-order valence-electron chi connectivity index (χ1n) is 4.07. The van der Waals surface area contributed by atoms with Crippen LogP contribution in [0.2, 0.25) is 0 Å². The number of aldehydes is 1. The fraction of sp³-hybridized carbons (Fsp3) is 0.300. The van der Waals surface area contributed by atoms with Crippen molar-refractivity contribution >= 4 is 6.29 Å². The Balaban J connectivity index is 2.33. The van der Waals surface area contributed by atoms with Gasteiger partial charge in [0, 0.05) is 0 Å². The maximum Gasteiger partial charge on any atom is 0.135 e. The summed E-state index contributed by atoms with van der Waals surface area (Å²) < 4.78 is 17.6. The molecule has 1 aromatic rings. The first-order valence-corrected chi connectivity index (χ1v) is 4.07. The van der Waals surface area contributed by atoms with Crippen LogP contribution in [-0.4, -0.2) is 19.5 Å². The molecule has 0 amide bonds. The lowest BCUT2D eigenvalue weighted by molar-refractivity contribution is -0.129. The van der Waals surface area contributed by atoms with Gasteiger partial charge in [0.25, 0.3) is 0 Å². The zero-order chi connectivity index (χ0) is 9.31. The molecule has 0 bridgehead atoms. The Hall–Kier alpha value is -1.22. The SMILES string of the molecule is O=CC1(c2ccc(F)cc2)COC1. The van der Waals surface area contributed by atoms with Crippen LogP contribution >= 0.6 is 0 Å². The van der Waals surface area contributed by atoms with Crippen LogP contribution < -0.4 is 0 Å². The van der Waals surface area contributed by atoms with Gasteiger partial charge in [-0.15, -0.1) is 0 Å². The van der Waals surface area contributed by atoms with E-state index in [9.17, 15) is 9.18 Å². The van der Waals surface area contributed by atoms with Gasteiger partial charge >= 0.3 is 0 Å². The monoisotopic (exact) mass is 180 g/mol. The Morgan fingerprint density at radius 2 is 1.92 bits per heavy atom. The van der Waals surface area contributed by atoms with Crippen molar-refractivity contribution in [1.82, 2.24) is 0 Å². The summed E-state index contributed by atoms with van der Waals surface area (Å²) >= 11 is 0. The summed E-state index contributed by atoms with van der Waals surface area (Å²) in [6.45, 7) is 0.810. The number of hydrogen-bond acceptors (Lipinski definition) is 2. The molecule has 0 atom stereocenters. The highest BCUT2D eigenvalue weighted by molar-refractivity contribution is 5.70. The van der Waals surface area contributed by atoms with Gasteiger partial charge in [-0.3, -0.25) is 0 Å². The van der Waals surface area contributed by atoms with Crippen molar-refractivity contribution in [3.63, 3.8) is 0 Å². The van der Waals surface area contributed by atoms with Crippen LogP contribution in [0.15, 0.2) is 24.3 Å². The second-order valence-corrected chi connectivity index (χ2v) is 3.27. The molecular formula is C10H9FO2. The lowest BCUT2D eigenvalue weighted by atomic mass is 9.80. The molecule has 1 saturated heterocycles. The zero-order valence-corrected chi connectivity index (χ0v) is 7.00. The summed E-state index contributed by atoms with van der Waals surface area (Å²) in [7, 11) is 0. The van der Waals surface area contributed by atoms with E-state index in [0.717, 1.165) is 11.8 Å². The van der Waals surface area contributed by atoms with Crippen LogP contribution in [0.25, 0.3) is 0 Å². The molecule has 3 heteroatoms. The maximum atomic E-state index is 12.6. The van der Waals surface area contributed by atoms with Crippen LogP contribution in [0.3, 0.4) is 0 Å². The van der Waals surface area contributed by atoms with E-state index in [-0.39, 0.29) is 5.82 Å². The van der Waals surface area contributed by atoms with Gasteiger partial charge in [-0.1, -0.05) is 12.1 Å². The third-order valence-electron chi connectivity index (χ3n) is 2.36. The Morgan fingerprint density at radius 3 is 2.31 bits per heavy atom. The highest BCUT2D eigenvalue weighted by Gasteiger charge is 2.40. The fourth-order valence-electron chi connectivity index (χ4n) is 1.41. The number of ether oxygens (including phenoxy) is 1. The van der Waals surface area contributed by atoms with Crippen LogP contribution in [0, 0.1) is 5.82 Å². The molecule has 68 valence electrons. The molecule has 0 radical (unpaired) electrons. The van der Waals surface area contributed by atoms with Gasteiger partial charge in [0.05, 0.1) is 18.6 Å². The molecule has 2 nitrogen and oxygen atoms in total. The molecule has 0 aliphatic carbocycles. The molecule has 2 rings (SSSR count). The Morgan fingerprint density at radius 1 is 1.31 bits per heavy atom. The number of benzene rings is 1. The van der Waals surface area contributed by atoms with E-state index < -0.39 is 5.41 Å². The van der Waals surface area contributed by atoms with Crippen LogP contribution in [0.1, 0.15) is 5.56 Å². The number of rotatable bonds is 2. The van der Waals surface area contributed by atoms with Crippen LogP contribution in [-0.2, 0) is 14.9 Å². The summed E-state index contributed by atoms with van der Waals surface area (Å²) in [5, 5.41) is 0. The minimum atomic E-state index is -0.520. The van der Waals surface area contributed by atoms with Gasteiger partial charge in [0.2, 0.25) is 0 Å². The second-order valence-electron chi connectivity index (χ2n) is 3.27. The smallest absolute Gasteiger partial charge is 0.135 e. The van der Waals surface area contributed by atoms with Crippen molar-refractivity contribution in [2.75, 3.05) is 13.2 Å². The Kier molecular flexibility index (Phi) is 1.88. The molecule has 1 heterocycles. The predicted molar refractivity (Wildman–Crippen MR) is 45.0 cm³/mol. The fourth-order valence-corrected chi connectivity index (χ4v) is 1.41. The summed E-state index contributed by atoms with van der Waals surface area (Å²) in [6, 6.07) is 5.98.